The normalized spacial score (nSPS) is 11.6. The molecule has 16 heavy (non-hydrogen) atoms. The molecule has 2 rings (SSSR count). The van der Waals surface area contributed by atoms with Crippen LogP contribution < -0.4 is 5.73 Å². The first-order valence-electron chi connectivity index (χ1n) is 4.27. The predicted molar refractivity (Wildman–Crippen MR) is 57.3 cm³/mol. The molecule has 2 aromatic heterocycles. The average Bonchev–Trinajstić information content (AvgIpc) is 2.81. The maximum absolute atomic E-state index is 8.54. The van der Waals surface area contributed by atoms with Gasteiger partial charge in [-0.15, -0.1) is 0 Å². The highest BCUT2D eigenvalue weighted by Gasteiger charge is 2.04. The van der Waals surface area contributed by atoms with Gasteiger partial charge in [-0.3, -0.25) is 5.10 Å². The van der Waals surface area contributed by atoms with E-state index in [1.165, 1.54) is 18.1 Å². The number of rotatable bonds is 3. The van der Waals surface area contributed by atoms with Crippen molar-refractivity contribution < 1.29 is 5.21 Å². The maximum Gasteiger partial charge on any atom is 0.189 e. The van der Waals surface area contributed by atoms with Crippen molar-refractivity contribution in [3.63, 3.8) is 0 Å². The molecule has 8 heteroatoms. The highest BCUT2D eigenvalue weighted by molar-refractivity contribution is 7.99. The third-order valence-electron chi connectivity index (χ3n) is 1.73. The number of hydrogen-bond donors (Lipinski definition) is 3. The van der Waals surface area contributed by atoms with Crippen LogP contribution in [0.15, 0.2) is 40.0 Å². The number of nitrogens with one attached hydrogen (secondary N) is 1. The van der Waals surface area contributed by atoms with Crippen LogP contribution in [0.2, 0.25) is 0 Å². The van der Waals surface area contributed by atoms with Crippen LogP contribution in [0, 0.1) is 0 Å². The van der Waals surface area contributed by atoms with Gasteiger partial charge in [-0.1, -0.05) is 5.16 Å². The van der Waals surface area contributed by atoms with Crippen molar-refractivity contribution in [3.8, 4) is 0 Å². The summed E-state index contributed by atoms with van der Waals surface area (Å²) in [5.74, 6) is 0.0434. The molecule has 4 N–H and O–H groups in total. The number of nitrogens with zero attached hydrogens (tertiary/aromatic N) is 4. The topological polar surface area (TPSA) is 113 Å². The first-order valence-corrected chi connectivity index (χ1v) is 5.08. The van der Waals surface area contributed by atoms with Crippen LogP contribution in [-0.4, -0.2) is 31.2 Å². The highest BCUT2D eigenvalue weighted by atomic mass is 32.2. The Bertz CT molecular complexity index is 497. The Kier molecular flexibility index (Phi) is 3.01. The van der Waals surface area contributed by atoms with Crippen molar-refractivity contribution >= 4 is 17.6 Å². The van der Waals surface area contributed by atoms with E-state index >= 15 is 0 Å². The third kappa shape index (κ3) is 2.28. The van der Waals surface area contributed by atoms with E-state index in [0.29, 0.717) is 15.7 Å². The van der Waals surface area contributed by atoms with Gasteiger partial charge in [0, 0.05) is 11.8 Å². The number of nitrogens with two attached hydrogens (primary N) is 1. The predicted octanol–water partition coefficient (Wildman–Crippen LogP) is 0.445. The SMILES string of the molecule is N/C(=N\O)c1ccnc(Sc2ncn[nH]2)c1. The summed E-state index contributed by atoms with van der Waals surface area (Å²) in [6, 6.07) is 3.35. The van der Waals surface area contributed by atoms with Gasteiger partial charge in [-0.2, -0.15) is 5.10 Å². The maximum atomic E-state index is 8.54. The molecular formula is C8H8N6OS. The molecule has 0 aliphatic heterocycles. The number of aromatic nitrogens is 4. The van der Waals surface area contributed by atoms with E-state index < -0.39 is 0 Å². The average molecular weight is 236 g/mol. The molecule has 0 amide bonds. The van der Waals surface area contributed by atoms with Crippen molar-refractivity contribution in [1.82, 2.24) is 20.2 Å². The van der Waals surface area contributed by atoms with Gasteiger partial charge < -0.3 is 10.9 Å². The number of H-pyrrole nitrogens is 1. The molecule has 0 radical (unpaired) electrons. The van der Waals surface area contributed by atoms with Crippen LogP contribution in [-0.2, 0) is 0 Å². The smallest absolute Gasteiger partial charge is 0.189 e. The molecule has 0 spiro atoms. The molecule has 0 atom stereocenters. The number of amidine groups is 1. The fourth-order valence-corrected chi connectivity index (χ4v) is 1.72. The van der Waals surface area contributed by atoms with Gasteiger partial charge in [-0.25, -0.2) is 9.97 Å². The van der Waals surface area contributed by atoms with Crippen molar-refractivity contribution in [3.05, 3.63) is 30.2 Å². The monoisotopic (exact) mass is 236 g/mol. The Labute approximate surface area is 94.8 Å². The van der Waals surface area contributed by atoms with Crippen molar-refractivity contribution in [2.75, 3.05) is 0 Å². The van der Waals surface area contributed by atoms with Crippen molar-refractivity contribution in [2.45, 2.75) is 10.2 Å². The molecule has 0 saturated heterocycles. The summed E-state index contributed by atoms with van der Waals surface area (Å²) in [7, 11) is 0. The minimum atomic E-state index is 0.0434. The molecular weight excluding hydrogens is 228 g/mol. The van der Waals surface area contributed by atoms with E-state index in [1.807, 2.05) is 0 Å². The number of hydrogen-bond acceptors (Lipinski definition) is 6. The lowest BCUT2D eigenvalue weighted by atomic mass is 10.2. The number of aromatic amines is 1. The van der Waals surface area contributed by atoms with E-state index in [-0.39, 0.29) is 5.84 Å². The van der Waals surface area contributed by atoms with Crippen LogP contribution in [0.5, 0.6) is 0 Å². The van der Waals surface area contributed by atoms with E-state index in [4.69, 9.17) is 10.9 Å². The fourth-order valence-electron chi connectivity index (χ4n) is 1.02. The Morgan fingerprint density at radius 1 is 1.50 bits per heavy atom. The Morgan fingerprint density at radius 3 is 3.06 bits per heavy atom. The van der Waals surface area contributed by atoms with Gasteiger partial charge in [-0.05, 0) is 23.9 Å². The molecule has 0 unspecified atom stereocenters. The Morgan fingerprint density at radius 2 is 2.38 bits per heavy atom. The Balaban J connectivity index is 2.23. The second-order valence-electron chi connectivity index (χ2n) is 2.76. The molecule has 0 bridgehead atoms. The molecule has 2 aromatic rings. The standard InChI is InChI=1S/C8H8N6OS/c9-7(14-15)5-1-2-10-6(3-5)16-8-11-4-12-13-8/h1-4,15H,(H2,9,14)(H,11,12,13). The number of pyridine rings is 1. The summed E-state index contributed by atoms with van der Waals surface area (Å²) in [4.78, 5) is 8.07. The molecule has 0 fully saturated rings. The van der Waals surface area contributed by atoms with Gasteiger partial charge >= 0.3 is 0 Å². The minimum absolute atomic E-state index is 0.0434. The summed E-state index contributed by atoms with van der Waals surface area (Å²) in [6.07, 6.45) is 2.99. The molecule has 82 valence electrons. The van der Waals surface area contributed by atoms with E-state index in [2.05, 4.69) is 25.3 Å². The lowest BCUT2D eigenvalue weighted by Crippen LogP contribution is -2.13. The fraction of sp³-hybridized carbons (Fsp3) is 0. The van der Waals surface area contributed by atoms with E-state index in [1.54, 1.807) is 18.3 Å². The molecule has 0 aliphatic rings. The first kappa shape index (κ1) is 10.4. The molecule has 7 nitrogen and oxygen atoms in total. The molecule has 0 saturated carbocycles. The zero-order chi connectivity index (χ0) is 11.4. The first-order chi connectivity index (χ1) is 7.79. The van der Waals surface area contributed by atoms with Crippen molar-refractivity contribution in [2.24, 2.45) is 10.9 Å². The molecule has 0 aromatic carbocycles. The van der Waals surface area contributed by atoms with Gasteiger partial charge in [0.15, 0.2) is 11.0 Å². The van der Waals surface area contributed by atoms with Crippen LogP contribution in [0.3, 0.4) is 0 Å². The summed E-state index contributed by atoms with van der Waals surface area (Å²) in [5, 5.41) is 19.2. The van der Waals surface area contributed by atoms with E-state index in [0.717, 1.165) is 0 Å². The van der Waals surface area contributed by atoms with Gasteiger partial charge in [0.2, 0.25) is 0 Å². The van der Waals surface area contributed by atoms with Crippen LogP contribution in [0.1, 0.15) is 5.56 Å². The molecule has 2 heterocycles. The van der Waals surface area contributed by atoms with Gasteiger partial charge in [0.05, 0.1) is 0 Å². The van der Waals surface area contributed by atoms with Crippen molar-refractivity contribution in [1.29, 1.82) is 0 Å². The van der Waals surface area contributed by atoms with Gasteiger partial charge in [0.1, 0.15) is 11.4 Å². The lowest BCUT2D eigenvalue weighted by molar-refractivity contribution is 0.318. The second kappa shape index (κ2) is 4.62. The zero-order valence-electron chi connectivity index (χ0n) is 8.03. The second-order valence-corrected chi connectivity index (χ2v) is 3.77. The molecule has 0 aliphatic carbocycles. The minimum Gasteiger partial charge on any atom is -0.409 e. The quantitative estimate of drug-likeness (QED) is 0.308. The van der Waals surface area contributed by atoms with Crippen LogP contribution >= 0.6 is 11.8 Å². The summed E-state index contributed by atoms with van der Waals surface area (Å²) < 4.78 is 0. The largest absolute Gasteiger partial charge is 0.409 e. The number of oxime groups is 1. The van der Waals surface area contributed by atoms with Crippen LogP contribution in [0.25, 0.3) is 0 Å². The highest BCUT2D eigenvalue weighted by Crippen LogP contribution is 2.21. The van der Waals surface area contributed by atoms with E-state index in [9.17, 15) is 0 Å². The third-order valence-corrected chi connectivity index (χ3v) is 2.55. The Hall–Kier alpha value is -2.09. The summed E-state index contributed by atoms with van der Waals surface area (Å²) in [6.45, 7) is 0. The summed E-state index contributed by atoms with van der Waals surface area (Å²) >= 11 is 1.30. The van der Waals surface area contributed by atoms with Gasteiger partial charge in [0.25, 0.3) is 0 Å². The van der Waals surface area contributed by atoms with Crippen LogP contribution in [0.4, 0.5) is 0 Å². The summed E-state index contributed by atoms with van der Waals surface area (Å²) in [5.41, 5.74) is 6.06. The lowest BCUT2D eigenvalue weighted by Gasteiger charge is -2.00. The zero-order valence-corrected chi connectivity index (χ0v) is 8.85.